The Morgan fingerprint density at radius 1 is 1.33 bits per heavy atom. The van der Waals surface area contributed by atoms with Crippen LogP contribution in [0.3, 0.4) is 0 Å². The Labute approximate surface area is 114 Å². The standard InChI is InChI=1S/C13H24N4S/c1-5-6-11-12(14-3)16-9-17-13(11)15-8-7-10(2)18-4/h9-10H,5-8H2,1-4H3,(H2,14,15,16,17). The van der Waals surface area contributed by atoms with Crippen LogP contribution in [0.5, 0.6) is 0 Å². The van der Waals surface area contributed by atoms with Crippen LogP contribution >= 0.6 is 11.8 Å². The second kappa shape index (κ2) is 8.19. The van der Waals surface area contributed by atoms with Crippen LogP contribution in [-0.2, 0) is 6.42 Å². The molecule has 0 saturated heterocycles. The number of nitrogens with zero attached hydrogens (tertiary/aromatic N) is 2. The van der Waals surface area contributed by atoms with Gasteiger partial charge < -0.3 is 10.6 Å². The highest BCUT2D eigenvalue weighted by Gasteiger charge is 2.09. The number of aromatic nitrogens is 2. The van der Waals surface area contributed by atoms with E-state index < -0.39 is 0 Å². The monoisotopic (exact) mass is 268 g/mol. The summed E-state index contributed by atoms with van der Waals surface area (Å²) in [7, 11) is 1.90. The number of rotatable bonds is 8. The second-order valence-corrected chi connectivity index (χ2v) is 5.59. The molecule has 0 spiro atoms. The number of hydrogen-bond acceptors (Lipinski definition) is 5. The molecule has 0 radical (unpaired) electrons. The molecule has 102 valence electrons. The van der Waals surface area contributed by atoms with Gasteiger partial charge in [0.1, 0.15) is 18.0 Å². The molecule has 0 bridgehead atoms. The summed E-state index contributed by atoms with van der Waals surface area (Å²) in [6, 6.07) is 0. The SMILES string of the molecule is CCCc1c(NC)ncnc1NCCC(C)SC. The van der Waals surface area contributed by atoms with E-state index in [-0.39, 0.29) is 0 Å². The predicted octanol–water partition coefficient (Wildman–Crippen LogP) is 3.02. The van der Waals surface area contributed by atoms with Crippen molar-refractivity contribution in [3.63, 3.8) is 0 Å². The Morgan fingerprint density at radius 2 is 2.06 bits per heavy atom. The summed E-state index contributed by atoms with van der Waals surface area (Å²) in [6.45, 7) is 5.38. The van der Waals surface area contributed by atoms with Crippen molar-refractivity contribution in [3.05, 3.63) is 11.9 Å². The molecule has 1 aromatic rings. The van der Waals surface area contributed by atoms with Gasteiger partial charge in [0.25, 0.3) is 0 Å². The van der Waals surface area contributed by atoms with E-state index in [1.54, 1.807) is 6.33 Å². The molecule has 4 nitrogen and oxygen atoms in total. The second-order valence-electron chi connectivity index (χ2n) is 4.31. The van der Waals surface area contributed by atoms with E-state index in [0.717, 1.165) is 37.4 Å². The maximum atomic E-state index is 4.36. The highest BCUT2D eigenvalue weighted by Crippen LogP contribution is 2.21. The first kappa shape index (κ1) is 15.1. The summed E-state index contributed by atoms with van der Waals surface area (Å²) < 4.78 is 0. The summed E-state index contributed by atoms with van der Waals surface area (Å²) in [4.78, 5) is 8.63. The fourth-order valence-corrected chi connectivity index (χ4v) is 2.13. The molecule has 0 aliphatic heterocycles. The van der Waals surface area contributed by atoms with E-state index >= 15 is 0 Å². The van der Waals surface area contributed by atoms with Crippen LogP contribution in [0.1, 0.15) is 32.3 Å². The van der Waals surface area contributed by atoms with Crippen molar-refractivity contribution in [2.24, 2.45) is 0 Å². The Balaban J connectivity index is 2.68. The molecule has 1 aromatic heterocycles. The third-order valence-electron chi connectivity index (χ3n) is 2.93. The molecule has 1 atom stereocenters. The predicted molar refractivity (Wildman–Crippen MR) is 81.7 cm³/mol. The number of hydrogen-bond donors (Lipinski definition) is 2. The fraction of sp³-hybridized carbons (Fsp3) is 0.692. The number of anilines is 2. The van der Waals surface area contributed by atoms with Gasteiger partial charge in [-0.25, -0.2) is 9.97 Å². The molecule has 0 fully saturated rings. The van der Waals surface area contributed by atoms with Gasteiger partial charge in [0, 0.05) is 24.4 Å². The van der Waals surface area contributed by atoms with Gasteiger partial charge in [-0.1, -0.05) is 20.3 Å². The highest BCUT2D eigenvalue weighted by atomic mass is 32.2. The largest absolute Gasteiger partial charge is 0.373 e. The normalized spacial score (nSPS) is 12.2. The molecule has 0 saturated carbocycles. The molecule has 2 N–H and O–H groups in total. The summed E-state index contributed by atoms with van der Waals surface area (Å²) in [5.41, 5.74) is 1.19. The zero-order chi connectivity index (χ0) is 13.4. The molecule has 1 rings (SSSR count). The van der Waals surface area contributed by atoms with Crippen molar-refractivity contribution in [2.45, 2.75) is 38.4 Å². The summed E-state index contributed by atoms with van der Waals surface area (Å²) >= 11 is 1.90. The first-order valence-electron chi connectivity index (χ1n) is 6.51. The van der Waals surface area contributed by atoms with E-state index in [2.05, 4.69) is 40.7 Å². The maximum Gasteiger partial charge on any atom is 0.134 e. The van der Waals surface area contributed by atoms with Crippen molar-refractivity contribution >= 4 is 23.4 Å². The van der Waals surface area contributed by atoms with Gasteiger partial charge in [0.05, 0.1) is 0 Å². The third kappa shape index (κ3) is 4.37. The third-order valence-corrected chi connectivity index (χ3v) is 3.97. The summed E-state index contributed by atoms with van der Waals surface area (Å²) in [5.74, 6) is 1.91. The van der Waals surface area contributed by atoms with Crippen LogP contribution < -0.4 is 10.6 Å². The van der Waals surface area contributed by atoms with Gasteiger partial charge in [-0.2, -0.15) is 11.8 Å². The van der Waals surface area contributed by atoms with Gasteiger partial charge in [-0.3, -0.25) is 0 Å². The Bertz CT molecular complexity index is 357. The average molecular weight is 268 g/mol. The maximum absolute atomic E-state index is 4.36. The van der Waals surface area contributed by atoms with Crippen LogP contribution in [0, 0.1) is 0 Å². The smallest absolute Gasteiger partial charge is 0.134 e. The van der Waals surface area contributed by atoms with Gasteiger partial charge in [0.2, 0.25) is 0 Å². The summed E-state index contributed by atoms with van der Waals surface area (Å²) in [5, 5.41) is 7.25. The molecular formula is C13H24N4S. The van der Waals surface area contributed by atoms with Crippen LogP contribution in [0.25, 0.3) is 0 Å². The molecular weight excluding hydrogens is 244 g/mol. The number of nitrogens with one attached hydrogen (secondary N) is 2. The number of thioether (sulfide) groups is 1. The molecule has 5 heteroatoms. The molecule has 0 aliphatic rings. The first-order chi connectivity index (χ1) is 8.72. The van der Waals surface area contributed by atoms with Crippen molar-refractivity contribution in [1.82, 2.24) is 9.97 Å². The van der Waals surface area contributed by atoms with Crippen LogP contribution in [0.2, 0.25) is 0 Å². The van der Waals surface area contributed by atoms with Gasteiger partial charge in [0.15, 0.2) is 0 Å². The zero-order valence-electron chi connectivity index (χ0n) is 11.8. The zero-order valence-corrected chi connectivity index (χ0v) is 12.6. The van der Waals surface area contributed by atoms with Gasteiger partial charge in [-0.05, 0) is 19.1 Å². The van der Waals surface area contributed by atoms with Gasteiger partial charge >= 0.3 is 0 Å². The van der Waals surface area contributed by atoms with Crippen LogP contribution in [0.15, 0.2) is 6.33 Å². The lowest BCUT2D eigenvalue weighted by Gasteiger charge is -2.14. The minimum Gasteiger partial charge on any atom is -0.373 e. The van der Waals surface area contributed by atoms with E-state index in [9.17, 15) is 0 Å². The molecule has 0 aliphatic carbocycles. The topological polar surface area (TPSA) is 49.8 Å². The van der Waals surface area contributed by atoms with Crippen molar-refractivity contribution in [2.75, 3.05) is 30.5 Å². The van der Waals surface area contributed by atoms with E-state index in [4.69, 9.17) is 0 Å². The van der Waals surface area contributed by atoms with E-state index in [1.165, 1.54) is 5.56 Å². The minimum absolute atomic E-state index is 0.678. The van der Waals surface area contributed by atoms with Crippen LogP contribution in [0.4, 0.5) is 11.6 Å². The lowest BCUT2D eigenvalue weighted by atomic mass is 10.1. The molecule has 0 aromatic carbocycles. The Hall–Kier alpha value is -0.970. The Kier molecular flexibility index (Phi) is 6.86. The fourth-order valence-electron chi connectivity index (χ4n) is 1.78. The molecule has 1 unspecified atom stereocenters. The lowest BCUT2D eigenvalue weighted by Crippen LogP contribution is -2.12. The van der Waals surface area contributed by atoms with Gasteiger partial charge in [-0.15, -0.1) is 0 Å². The molecule has 18 heavy (non-hydrogen) atoms. The quantitative estimate of drug-likeness (QED) is 0.759. The van der Waals surface area contributed by atoms with Crippen molar-refractivity contribution in [3.8, 4) is 0 Å². The van der Waals surface area contributed by atoms with Crippen molar-refractivity contribution in [1.29, 1.82) is 0 Å². The lowest BCUT2D eigenvalue weighted by molar-refractivity contribution is 0.840. The average Bonchev–Trinajstić information content (AvgIpc) is 2.40. The summed E-state index contributed by atoms with van der Waals surface area (Å²) in [6.07, 6.45) is 7.00. The van der Waals surface area contributed by atoms with E-state index in [1.807, 2.05) is 18.8 Å². The van der Waals surface area contributed by atoms with E-state index in [0.29, 0.717) is 5.25 Å². The Morgan fingerprint density at radius 3 is 2.67 bits per heavy atom. The molecule has 1 heterocycles. The minimum atomic E-state index is 0.678. The first-order valence-corrected chi connectivity index (χ1v) is 7.80. The molecule has 0 amide bonds. The van der Waals surface area contributed by atoms with Crippen molar-refractivity contribution < 1.29 is 0 Å². The highest BCUT2D eigenvalue weighted by molar-refractivity contribution is 7.99. The van der Waals surface area contributed by atoms with Crippen LogP contribution in [-0.4, -0.2) is 35.1 Å².